The maximum Gasteiger partial charge on any atom is 0.257 e. The molecule has 0 aromatic heterocycles. The Morgan fingerprint density at radius 3 is 2.45 bits per heavy atom. The van der Waals surface area contributed by atoms with E-state index in [1.807, 2.05) is 38.1 Å². The fourth-order valence-electron chi connectivity index (χ4n) is 5.61. The number of nitrogens with two attached hydrogens (primary N) is 2. The van der Waals surface area contributed by atoms with Crippen molar-refractivity contribution in [1.82, 2.24) is 0 Å². The number of aryl methyl sites for hydroxylation is 2. The van der Waals surface area contributed by atoms with E-state index in [2.05, 4.69) is 13.8 Å². The quantitative estimate of drug-likeness (QED) is 0.533. The van der Waals surface area contributed by atoms with Crippen molar-refractivity contribution in [2.45, 2.75) is 44.8 Å². The molecule has 0 fully saturated rings. The summed E-state index contributed by atoms with van der Waals surface area (Å²) in [6.07, 6.45) is 0. The number of carbonyl (C=O) groups excluding carboxylic acids is 2. The number of amides is 1. The lowest BCUT2D eigenvalue weighted by Gasteiger charge is -2.36. The summed E-state index contributed by atoms with van der Waals surface area (Å²) in [6, 6.07) is 14.1. The number of Topliss-reactive ketones (excluding diaryl/α,β-unsaturated/α-hetero) is 1. The molecular weight excluding hydrogens is 416 g/mol. The van der Waals surface area contributed by atoms with E-state index in [0.717, 1.165) is 11.1 Å². The Morgan fingerprint density at radius 1 is 1.06 bits per heavy atom. The van der Waals surface area contributed by atoms with E-state index in [-0.39, 0.29) is 28.3 Å². The number of fused-ring (bicyclic) bond motifs is 5. The van der Waals surface area contributed by atoms with Crippen LogP contribution in [-0.2, 0) is 11.2 Å². The molecule has 0 saturated carbocycles. The second-order valence-corrected chi connectivity index (χ2v) is 9.37. The molecule has 0 spiro atoms. The topological polar surface area (TPSA) is 116 Å². The highest BCUT2D eigenvalue weighted by Crippen LogP contribution is 2.64. The van der Waals surface area contributed by atoms with E-state index >= 15 is 0 Å². The van der Waals surface area contributed by atoms with E-state index in [1.165, 1.54) is 0 Å². The summed E-state index contributed by atoms with van der Waals surface area (Å²) in [4.78, 5) is 27.0. The average Bonchev–Trinajstić information content (AvgIpc) is 3.11. The fourth-order valence-corrected chi connectivity index (χ4v) is 5.61. The first-order valence-corrected chi connectivity index (χ1v) is 10.9. The van der Waals surface area contributed by atoms with Crippen LogP contribution in [0.25, 0.3) is 0 Å². The lowest BCUT2D eigenvalue weighted by molar-refractivity contribution is -0.154. The fraction of sp³-hybridized carbons (Fsp3) is 0.259. The van der Waals surface area contributed by atoms with Crippen LogP contribution in [0.1, 0.15) is 73.9 Å². The van der Waals surface area contributed by atoms with Crippen LogP contribution in [0.5, 0.6) is 5.75 Å². The van der Waals surface area contributed by atoms with Crippen molar-refractivity contribution in [1.29, 1.82) is 0 Å². The van der Waals surface area contributed by atoms with Crippen LogP contribution in [0.3, 0.4) is 0 Å². The molecule has 0 bridgehead atoms. The first kappa shape index (κ1) is 21.2. The van der Waals surface area contributed by atoms with Crippen molar-refractivity contribution in [3.05, 3.63) is 93.0 Å². The summed E-state index contributed by atoms with van der Waals surface area (Å²) in [5.41, 5.74) is 14.5. The van der Waals surface area contributed by atoms with Gasteiger partial charge in [0.05, 0.1) is 5.56 Å². The van der Waals surface area contributed by atoms with Crippen LogP contribution in [0.2, 0.25) is 0 Å². The molecule has 1 aliphatic carbocycles. The summed E-state index contributed by atoms with van der Waals surface area (Å²) in [7, 11) is 0. The van der Waals surface area contributed by atoms with Crippen molar-refractivity contribution in [3.8, 4) is 5.75 Å². The number of ketones is 1. The summed E-state index contributed by atoms with van der Waals surface area (Å²) in [5.74, 6) is -2.57. The van der Waals surface area contributed by atoms with E-state index in [9.17, 15) is 14.7 Å². The van der Waals surface area contributed by atoms with Gasteiger partial charge in [0.25, 0.3) is 5.79 Å². The monoisotopic (exact) mass is 442 g/mol. The Balaban J connectivity index is 1.97. The standard InChI is InChI=1S/C27H26N2O4/c1-13(2)16-8-9-18-21(12-16)33-27(32)19-6-5-7-20(28)22(19)24(30)26(18,27)23-15(4)10-14(3)11-17(23)25(29)31/h5-13,32H,28H2,1-4H3,(H2,29,31). The molecule has 2 aliphatic rings. The first-order chi connectivity index (χ1) is 15.5. The summed E-state index contributed by atoms with van der Waals surface area (Å²) < 4.78 is 6.27. The van der Waals surface area contributed by atoms with Gasteiger partial charge in [-0.3, -0.25) is 9.59 Å². The molecule has 0 saturated heterocycles. The third-order valence-corrected chi connectivity index (χ3v) is 6.99. The summed E-state index contributed by atoms with van der Waals surface area (Å²) in [5, 5.41) is 12.3. The minimum atomic E-state index is -2.09. The minimum Gasteiger partial charge on any atom is -0.456 e. The maximum absolute atomic E-state index is 14.3. The van der Waals surface area contributed by atoms with Gasteiger partial charge in [0.1, 0.15) is 5.75 Å². The zero-order valence-corrected chi connectivity index (χ0v) is 19.0. The predicted octanol–water partition coefficient (Wildman–Crippen LogP) is 3.83. The molecule has 1 amide bonds. The number of rotatable bonds is 3. The number of anilines is 1. The van der Waals surface area contributed by atoms with E-state index < -0.39 is 22.9 Å². The third kappa shape index (κ3) is 2.47. The van der Waals surface area contributed by atoms with Crippen molar-refractivity contribution in [3.63, 3.8) is 0 Å². The van der Waals surface area contributed by atoms with Gasteiger partial charge in [-0.25, -0.2) is 0 Å². The van der Waals surface area contributed by atoms with Crippen molar-refractivity contribution >= 4 is 17.4 Å². The lowest BCUT2D eigenvalue weighted by atomic mass is 9.66. The number of carbonyl (C=O) groups is 2. The maximum atomic E-state index is 14.3. The van der Waals surface area contributed by atoms with Gasteiger partial charge in [0, 0.05) is 22.4 Å². The van der Waals surface area contributed by atoms with Gasteiger partial charge < -0.3 is 21.3 Å². The van der Waals surface area contributed by atoms with Gasteiger partial charge in [0.2, 0.25) is 5.91 Å². The van der Waals surface area contributed by atoms with Crippen LogP contribution < -0.4 is 16.2 Å². The highest BCUT2D eigenvalue weighted by molar-refractivity contribution is 6.17. The second-order valence-electron chi connectivity index (χ2n) is 9.37. The van der Waals surface area contributed by atoms with E-state index in [4.69, 9.17) is 16.2 Å². The molecule has 168 valence electrons. The van der Waals surface area contributed by atoms with Gasteiger partial charge in [-0.2, -0.15) is 0 Å². The highest BCUT2D eigenvalue weighted by Gasteiger charge is 2.72. The molecular formula is C27H26N2O4. The first-order valence-electron chi connectivity index (χ1n) is 10.9. The van der Waals surface area contributed by atoms with E-state index in [1.54, 1.807) is 24.3 Å². The normalized spacial score (nSPS) is 22.7. The number of benzene rings is 3. The molecule has 3 aromatic carbocycles. The van der Waals surface area contributed by atoms with Gasteiger partial charge in [-0.05, 0) is 54.7 Å². The van der Waals surface area contributed by atoms with Crippen LogP contribution in [-0.4, -0.2) is 16.8 Å². The Hall–Kier alpha value is -3.64. The predicted molar refractivity (Wildman–Crippen MR) is 125 cm³/mol. The molecule has 5 N–H and O–H groups in total. The number of aliphatic hydroxyl groups is 1. The average molecular weight is 443 g/mol. The molecule has 6 heteroatoms. The molecule has 1 heterocycles. The Morgan fingerprint density at radius 2 is 1.79 bits per heavy atom. The van der Waals surface area contributed by atoms with Crippen LogP contribution in [0, 0.1) is 13.8 Å². The SMILES string of the molecule is Cc1cc(C)c(C23C(=O)c4c(N)cccc4C2(O)Oc2cc(C(C)C)ccc23)c(C(N)=O)c1. The largest absolute Gasteiger partial charge is 0.456 e. The van der Waals surface area contributed by atoms with E-state index in [0.29, 0.717) is 22.4 Å². The second kappa shape index (κ2) is 6.68. The van der Waals surface area contributed by atoms with Gasteiger partial charge in [-0.15, -0.1) is 0 Å². The molecule has 5 rings (SSSR count). The molecule has 2 atom stereocenters. The van der Waals surface area contributed by atoms with Crippen LogP contribution in [0.15, 0.2) is 48.5 Å². The van der Waals surface area contributed by atoms with Gasteiger partial charge in [-0.1, -0.05) is 49.7 Å². The van der Waals surface area contributed by atoms with Gasteiger partial charge in [0.15, 0.2) is 11.2 Å². The summed E-state index contributed by atoms with van der Waals surface area (Å²) >= 11 is 0. The Kier molecular flexibility index (Phi) is 4.30. The van der Waals surface area contributed by atoms with Crippen LogP contribution >= 0.6 is 0 Å². The molecule has 0 radical (unpaired) electrons. The number of hydrogen-bond donors (Lipinski definition) is 3. The molecule has 3 aromatic rings. The molecule has 33 heavy (non-hydrogen) atoms. The number of ether oxygens (including phenoxy) is 1. The number of nitrogen functional groups attached to an aromatic ring is 1. The smallest absolute Gasteiger partial charge is 0.257 e. The molecule has 6 nitrogen and oxygen atoms in total. The van der Waals surface area contributed by atoms with Crippen molar-refractivity contribution < 1.29 is 19.4 Å². The Bertz CT molecular complexity index is 1380. The minimum absolute atomic E-state index is 0.176. The zero-order valence-electron chi connectivity index (χ0n) is 19.0. The van der Waals surface area contributed by atoms with Crippen molar-refractivity contribution in [2.75, 3.05) is 5.73 Å². The number of hydrogen-bond acceptors (Lipinski definition) is 5. The summed E-state index contributed by atoms with van der Waals surface area (Å²) in [6.45, 7) is 7.77. The van der Waals surface area contributed by atoms with Crippen LogP contribution in [0.4, 0.5) is 5.69 Å². The van der Waals surface area contributed by atoms with Gasteiger partial charge >= 0.3 is 0 Å². The Labute approximate surface area is 192 Å². The molecule has 1 aliphatic heterocycles. The number of primary amides is 1. The highest BCUT2D eigenvalue weighted by atomic mass is 16.6. The zero-order chi connectivity index (χ0) is 23.9. The van der Waals surface area contributed by atoms with Crippen molar-refractivity contribution in [2.24, 2.45) is 5.73 Å². The molecule has 2 unspecified atom stereocenters. The lowest BCUT2D eigenvalue weighted by Crippen LogP contribution is -2.51. The third-order valence-electron chi connectivity index (χ3n) is 6.99.